The fourth-order valence-corrected chi connectivity index (χ4v) is 2.86. The number of nitro groups is 1. The standard InChI is InChI=1S/C14H19N3O3/c1-9-5-3-6-10(2)16(9)14(18)11-7-4-8-12(13(11)15)17(19)20/h4,7-10H,3,5-6,15H2,1-2H3. The third-order valence-electron chi connectivity index (χ3n) is 3.94. The van der Waals surface area contributed by atoms with Crippen LogP contribution in [0.4, 0.5) is 11.4 Å². The molecule has 0 bridgehead atoms. The van der Waals surface area contributed by atoms with E-state index < -0.39 is 4.92 Å². The molecule has 0 radical (unpaired) electrons. The zero-order valence-electron chi connectivity index (χ0n) is 11.7. The molecule has 2 atom stereocenters. The van der Waals surface area contributed by atoms with Gasteiger partial charge in [0.15, 0.2) is 0 Å². The number of para-hydroxylation sites is 1. The molecule has 0 aromatic heterocycles. The van der Waals surface area contributed by atoms with Crippen molar-refractivity contribution in [3.63, 3.8) is 0 Å². The zero-order chi connectivity index (χ0) is 14.9. The lowest BCUT2D eigenvalue weighted by Gasteiger charge is -2.39. The summed E-state index contributed by atoms with van der Waals surface area (Å²) in [5, 5.41) is 10.9. The zero-order valence-corrected chi connectivity index (χ0v) is 11.7. The molecular formula is C14H19N3O3. The molecular weight excluding hydrogens is 258 g/mol. The Hall–Kier alpha value is -2.11. The Morgan fingerprint density at radius 1 is 1.35 bits per heavy atom. The number of rotatable bonds is 2. The number of hydrogen-bond acceptors (Lipinski definition) is 4. The van der Waals surface area contributed by atoms with E-state index in [4.69, 9.17) is 5.73 Å². The molecule has 1 fully saturated rings. The van der Waals surface area contributed by atoms with E-state index in [9.17, 15) is 14.9 Å². The van der Waals surface area contributed by atoms with Gasteiger partial charge in [0.1, 0.15) is 5.69 Å². The molecule has 0 aliphatic carbocycles. The maximum Gasteiger partial charge on any atom is 0.292 e. The smallest absolute Gasteiger partial charge is 0.292 e. The van der Waals surface area contributed by atoms with Gasteiger partial charge < -0.3 is 10.6 Å². The normalized spacial score (nSPS) is 22.6. The minimum Gasteiger partial charge on any atom is -0.393 e. The van der Waals surface area contributed by atoms with E-state index in [0.717, 1.165) is 19.3 Å². The highest BCUT2D eigenvalue weighted by molar-refractivity contribution is 6.01. The van der Waals surface area contributed by atoms with Crippen LogP contribution in [0.1, 0.15) is 43.5 Å². The van der Waals surface area contributed by atoms with Crippen LogP contribution in [0.3, 0.4) is 0 Å². The molecule has 6 nitrogen and oxygen atoms in total. The number of likely N-dealkylation sites (tertiary alicyclic amines) is 1. The van der Waals surface area contributed by atoms with Gasteiger partial charge in [-0.25, -0.2) is 0 Å². The first-order chi connectivity index (χ1) is 9.43. The summed E-state index contributed by atoms with van der Waals surface area (Å²) in [5.41, 5.74) is 5.75. The molecule has 1 aromatic rings. The van der Waals surface area contributed by atoms with Crippen LogP contribution in [-0.2, 0) is 0 Å². The highest BCUT2D eigenvalue weighted by Gasteiger charge is 2.31. The van der Waals surface area contributed by atoms with Crippen molar-refractivity contribution in [2.45, 2.75) is 45.2 Å². The molecule has 0 saturated carbocycles. The van der Waals surface area contributed by atoms with Crippen molar-refractivity contribution in [2.75, 3.05) is 5.73 Å². The minimum absolute atomic E-state index is 0.0486. The highest BCUT2D eigenvalue weighted by atomic mass is 16.6. The Bertz CT molecular complexity index is 534. The molecule has 1 aliphatic rings. The van der Waals surface area contributed by atoms with Crippen LogP contribution in [0.15, 0.2) is 18.2 Å². The van der Waals surface area contributed by atoms with E-state index in [-0.39, 0.29) is 34.9 Å². The predicted molar refractivity (Wildman–Crippen MR) is 76.5 cm³/mol. The summed E-state index contributed by atoms with van der Waals surface area (Å²) in [7, 11) is 0. The van der Waals surface area contributed by atoms with Crippen molar-refractivity contribution in [2.24, 2.45) is 0 Å². The molecule has 20 heavy (non-hydrogen) atoms. The van der Waals surface area contributed by atoms with Gasteiger partial charge in [0.25, 0.3) is 11.6 Å². The third kappa shape index (κ3) is 2.45. The first-order valence-electron chi connectivity index (χ1n) is 6.79. The van der Waals surface area contributed by atoms with E-state index in [1.165, 1.54) is 12.1 Å². The Kier molecular flexibility index (Phi) is 3.92. The average molecular weight is 277 g/mol. The van der Waals surface area contributed by atoms with Crippen molar-refractivity contribution >= 4 is 17.3 Å². The number of nitrogen functional groups attached to an aromatic ring is 1. The largest absolute Gasteiger partial charge is 0.393 e. The predicted octanol–water partition coefficient (Wildman–Crippen LogP) is 2.58. The maximum atomic E-state index is 12.6. The van der Waals surface area contributed by atoms with Crippen molar-refractivity contribution < 1.29 is 9.72 Å². The van der Waals surface area contributed by atoms with Crippen molar-refractivity contribution in [1.29, 1.82) is 0 Å². The van der Waals surface area contributed by atoms with Gasteiger partial charge in [-0.1, -0.05) is 6.07 Å². The van der Waals surface area contributed by atoms with Crippen molar-refractivity contribution in [1.82, 2.24) is 4.90 Å². The summed E-state index contributed by atoms with van der Waals surface area (Å²) >= 11 is 0. The fourth-order valence-electron chi connectivity index (χ4n) is 2.86. The van der Waals surface area contributed by atoms with Gasteiger partial charge in [-0.2, -0.15) is 0 Å². The van der Waals surface area contributed by atoms with Crippen LogP contribution in [-0.4, -0.2) is 27.8 Å². The second kappa shape index (κ2) is 5.48. The van der Waals surface area contributed by atoms with Gasteiger partial charge in [-0.15, -0.1) is 0 Å². The SMILES string of the molecule is CC1CCCC(C)N1C(=O)c1cccc([N+](=O)[O-])c1N. The second-order valence-electron chi connectivity index (χ2n) is 5.34. The number of carbonyl (C=O) groups is 1. The number of benzene rings is 1. The van der Waals surface area contributed by atoms with E-state index in [0.29, 0.717) is 0 Å². The van der Waals surface area contributed by atoms with E-state index in [1.807, 2.05) is 13.8 Å². The van der Waals surface area contributed by atoms with Gasteiger partial charge in [-0.3, -0.25) is 14.9 Å². The second-order valence-corrected chi connectivity index (χ2v) is 5.34. The first kappa shape index (κ1) is 14.3. The Balaban J connectivity index is 2.38. The van der Waals surface area contributed by atoms with E-state index in [1.54, 1.807) is 11.0 Å². The number of nitro benzene ring substituents is 1. The summed E-state index contributed by atoms with van der Waals surface area (Å²) in [6.07, 6.45) is 2.99. The maximum absolute atomic E-state index is 12.6. The molecule has 2 unspecified atom stereocenters. The quantitative estimate of drug-likeness (QED) is 0.511. The van der Waals surface area contributed by atoms with E-state index in [2.05, 4.69) is 0 Å². The molecule has 1 aliphatic heterocycles. The molecule has 1 aromatic carbocycles. The summed E-state index contributed by atoms with van der Waals surface area (Å²) in [6.45, 7) is 4.00. The van der Waals surface area contributed by atoms with Crippen molar-refractivity contribution in [3.8, 4) is 0 Å². The Labute approximate surface area is 117 Å². The molecule has 108 valence electrons. The summed E-state index contributed by atoms with van der Waals surface area (Å²) in [4.78, 5) is 24.8. The molecule has 1 amide bonds. The number of hydrogen-bond donors (Lipinski definition) is 1. The van der Waals surface area contributed by atoms with Crippen LogP contribution in [0.5, 0.6) is 0 Å². The lowest BCUT2D eigenvalue weighted by molar-refractivity contribution is -0.383. The van der Waals surface area contributed by atoms with Gasteiger partial charge in [0.05, 0.1) is 10.5 Å². The third-order valence-corrected chi connectivity index (χ3v) is 3.94. The van der Waals surface area contributed by atoms with Crippen LogP contribution in [0.2, 0.25) is 0 Å². The van der Waals surface area contributed by atoms with Crippen LogP contribution in [0, 0.1) is 10.1 Å². The molecule has 2 rings (SSSR count). The first-order valence-corrected chi connectivity index (χ1v) is 6.79. The van der Waals surface area contributed by atoms with Gasteiger partial charge in [0, 0.05) is 18.2 Å². The number of carbonyl (C=O) groups excluding carboxylic acids is 1. The Morgan fingerprint density at radius 2 is 1.95 bits per heavy atom. The monoisotopic (exact) mass is 277 g/mol. The number of anilines is 1. The average Bonchev–Trinajstić information content (AvgIpc) is 2.38. The van der Waals surface area contributed by atoms with Crippen LogP contribution < -0.4 is 5.73 Å². The van der Waals surface area contributed by atoms with Gasteiger partial charge in [-0.05, 0) is 39.2 Å². The summed E-state index contributed by atoms with van der Waals surface area (Å²) in [6, 6.07) is 4.63. The van der Waals surface area contributed by atoms with Crippen LogP contribution >= 0.6 is 0 Å². The molecule has 6 heteroatoms. The topological polar surface area (TPSA) is 89.5 Å². The van der Waals surface area contributed by atoms with Gasteiger partial charge >= 0.3 is 0 Å². The van der Waals surface area contributed by atoms with Gasteiger partial charge in [0.2, 0.25) is 0 Å². The summed E-state index contributed by atoms with van der Waals surface area (Å²) < 4.78 is 0. The Morgan fingerprint density at radius 3 is 2.50 bits per heavy atom. The number of amides is 1. The molecule has 1 saturated heterocycles. The molecule has 1 heterocycles. The molecule has 0 spiro atoms. The minimum atomic E-state index is -0.560. The highest BCUT2D eigenvalue weighted by Crippen LogP contribution is 2.30. The number of piperidine rings is 1. The van der Waals surface area contributed by atoms with Crippen LogP contribution in [0.25, 0.3) is 0 Å². The van der Waals surface area contributed by atoms with Crippen molar-refractivity contribution in [3.05, 3.63) is 33.9 Å². The fraction of sp³-hybridized carbons (Fsp3) is 0.500. The lowest BCUT2D eigenvalue weighted by atomic mass is 9.96. The lowest BCUT2D eigenvalue weighted by Crippen LogP contribution is -2.47. The van der Waals surface area contributed by atoms with E-state index >= 15 is 0 Å². The summed E-state index contributed by atoms with van der Waals surface area (Å²) in [5.74, 6) is -0.217. The number of nitrogens with zero attached hydrogens (tertiary/aromatic N) is 2. The molecule has 2 N–H and O–H groups in total. The number of nitrogens with two attached hydrogens (primary N) is 1.